The summed E-state index contributed by atoms with van der Waals surface area (Å²) in [6.45, 7) is 5.75. The van der Waals surface area contributed by atoms with Crippen molar-refractivity contribution in [2.45, 2.75) is 45.0 Å². The largest absolute Gasteiger partial charge is 0.452 e. The van der Waals surface area contributed by atoms with Crippen LogP contribution in [0.5, 0.6) is 0 Å². The Labute approximate surface area is 200 Å². The molecule has 186 valence electrons. The molecule has 2 atom stereocenters. The summed E-state index contributed by atoms with van der Waals surface area (Å²) in [7, 11) is 0. The quantitative estimate of drug-likeness (QED) is 0.569. The molecule has 1 aliphatic heterocycles. The predicted molar refractivity (Wildman–Crippen MR) is 124 cm³/mol. The lowest BCUT2D eigenvalue weighted by molar-refractivity contribution is -0.210. The highest BCUT2D eigenvalue weighted by Gasteiger charge is 2.50. The molecule has 1 aromatic heterocycles. The summed E-state index contributed by atoms with van der Waals surface area (Å²) in [4.78, 5) is 10.1. The number of aromatic nitrogens is 1. The molecule has 2 heterocycles. The van der Waals surface area contributed by atoms with E-state index in [-0.39, 0.29) is 17.3 Å². The highest BCUT2D eigenvalue weighted by atomic mass is 19.4. The second-order valence-electron chi connectivity index (χ2n) is 8.18. The summed E-state index contributed by atoms with van der Waals surface area (Å²) in [5, 5.41) is 11.7. The lowest BCUT2D eigenvalue weighted by Gasteiger charge is -2.39. The normalized spacial score (nSPS) is 20.5. The van der Waals surface area contributed by atoms with Gasteiger partial charge in [-0.05, 0) is 56.7 Å². The van der Waals surface area contributed by atoms with Crippen molar-refractivity contribution in [3.05, 3.63) is 65.2 Å². The van der Waals surface area contributed by atoms with Gasteiger partial charge in [0.15, 0.2) is 6.10 Å². The smallest absolute Gasteiger partial charge is 0.425 e. The number of aliphatic imine (C=N–C) groups is 1. The van der Waals surface area contributed by atoms with Crippen molar-refractivity contribution < 1.29 is 22.3 Å². The third-order valence-corrected chi connectivity index (χ3v) is 5.72. The van der Waals surface area contributed by atoms with E-state index in [0.29, 0.717) is 30.0 Å². The van der Waals surface area contributed by atoms with Gasteiger partial charge in [0.2, 0.25) is 0 Å². The molecule has 1 aromatic carbocycles. The van der Waals surface area contributed by atoms with Crippen molar-refractivity contribution in [1.29, 1.82) is 5.26 Å². The van der Waals surface area contributed by atoms with Crippen molar-refractivity contribution in [1.82, 2.24) is 9.88 Å². The van der Waals surface area contributed by atoms with Crippen molar-refractivity contribution in [2.75, 3.05) is 18.4 Å². The van der Waals surface area contributed by atoms with Gasteiger partial charge in [-0.15, -0.1) is 0 Å². The van der Waals surface area contributed by atoms with E-state index in [2.05, 4.69) is 15.3 Å². The third kappa shape index (κ3) is 5.82. The minimum atomic E-state index is -4.65. The van der Waals surface area contributed by atoms with Crippen LogP contribution in [0.4, 0.5) is 23.4 Å². The Balaban J connectivity index is 1.98. The van der Waals surface area contributed by atoms with E-state index in [1.54, 1.807) is 30.9 Å². The van der Waals surface area contributed by atoms with E-state index < -0.39 is 30.1 Å². The zero-order valence-corrected chi connectivity index (χ0v) is 19.5. The van der Waals surface area contributed by atoms with Gasteiger partial charge in [-0.3, -0.25) is 0 Å². The first-order valence-electron chi connectivity index (χ1n) is 11.0. The van der Waals surface area contributed by atoms with Crippen molar-refractivity contribution in [3.63, 3.8) is 0 Å². The van der Waals surface area contributed by atoms with Crippen LogP contribution in [0.15, 0.2) is 47.7 Å². The minimum Gasteiger partial charge on any atom is -0.452 e. The molecule has 1 aliphatic rings. The predicted octanol–water partition coefficient (Wildman–Crippen LogP) is 4.73. The standard InChI is InChI=1S/C24H26F4N6O/c1-4-34(5-2)22-33-23(3,11-20(35-22)24(26,27)28)17-10-16(7-8-18(17)25)19(30)14-32-21-9-6-15(12-29)13-31-21/h6-10,13-14,20H,4-5,11,30H2,1-3H3,(H,31,32)/b19-14-/t20-,23-/m0/s1. The second-order valence-corrected chi connectivity index (χ2v) is 8.18. The number of hydrogen-bond donors (Lipinski definition) is 2. The fourth-order valence-corrected chi connectivity index (χ4v) is 3.70. The third-order valence-electron chi connectivity index (χ3n) is 5.72. The molecular weight excluding hydrogens is 464 g/mol. The van der Waals surface area contributed by atoms with Crippen molar-refractivity contribution >= 4 is 17.5 Å². The molecule has 0 aliphatic carbocycles. The fourth-order valence-electron chi connectivity index (χ4n) is 3.70. The second kappa shape index (κ2) is 10.2. The Hall–Kier alpha value is -3.81. The number of alkyl halides is 3. The SMILES string of the molecule is CCN(CC)C1=N[C@](C)(c2cc(/C(N)=C/Nc3ccc(C#N)cn3)ccc2F)C[C@@H](C(F)(F)F)O1. The van der Waals surface area contributed by atoms with Crippen LogP contribution in [0.2, 0.25) is 0 Å². The van der Waals surface area contributed by atoms with Crippen LogP contribution >= 0.6 is 0 Å². The monoisotopic (exact) mass is 490 g/mol. The molecular formula is C24H26F4N6O. The Morgan fingerprint density at radius 1 is 1.31 bits per heavy atom. The topological polar surface area (TPSA) is 99.6 Å². The van der Waals surface area contributed by atoms with Gasteiger partial charge in [-0.1, -0.05) is 0 Å². The van der Waals surface area contributed by atoms with Gasteiger partial charge in [0.05, 0.1) is 16.8 Å². The molecule has 0 amide bonds. The molecule has 3 N–H and O–H groups in total. The lowest BCUT2D eigenvalue weighted by atomic mass is 9.84. The molecule has 0 bridgehead atoms. The van der Waals surface area contributed by atoms with Gasteiger partial charge >= 0.3 is 6.18 Å². The molecule has 35 heavy (non-hydrogen) atoms. The number of rotatable bonds is 6. The minimum absolute atomic E-state index is 0.0231. The number of nitrogens with zero attached hydrogens (tertiary/aromatic N) is 4. The zero-order chi connectivity index (χ0) is 25.8. The molecule has 0 saturated heterocycles. The van der Waals surface area contributed by atoms with Crippen molar-refractivity contribution in [2.24, 2.45) is 10.7 Å². The van der Waals surface area contributed by atoms with Crippen LogP contribution in [0.3, 0.4) is 0 Å². The summed E-state index contributed by atoms with van der Waals surface area (Å²) in [5.41, 5.74) is 5.57. The highest BCUT2D eigenvalue weighted by Crippen LogP contribution is 2.42. The van der Waals surface area contributed by atoms with Crippen molar-refractivity contribution in [3.8, 4) is 6.07 Å². The van der Waals surface area contributed by atoms with Crippen LogP contribution in [0, 0.1) is 17.1 Å². The Morgan fingerprint density at radius 2 is 2.03 bits per heavy atom. The number of nitrogens with one attached hydrogen (secondary N) is 1. The molecule has 7 nitrogen and oxygen atoms in total. The van der Waals surface area contributed by atoms with E-state index in [0.717, 1.165) is 6.07 Å². The Bertz CT molecular complexity index is 1150. The summed E-state index contributed by atoms with van der Waals surface area (Å²) < 4.78 is 61.3. The molecule has 0 unspecified atom stereocenters. The number of benzene rings is 1. The lowest BCUT2D eigenvalue weighted by Crippen LogP contribution is -2.48. The van der Waals surface area contributed by atoms with Gasteiger partial charge < -0.3 is 20.7 Å². The maximum atomic E-state index is 15.0. The van der Waals surface area contributed by atoms with E-state index in [9.17, 15) is 17.6 Å². The number of nitrogens with two attached hydrogens (primary N) is 1. The zero-order valence-electron chi connectivity index (χ0n) is 19.5. The van der Waals surface area contributed by atoms with Gasteiger partial charge in [0, 0.05) is 37.5 Å². The average Bonchev–Trinajstić information content (AvgIpc) is 2.83. The maximum absolute atomic E-state index is 15.0. The van der Waals surface area contributed by atoms with Crippen LogP contribution in [-0.4, -0.2) is 41.3 Å². The number of nitriles is 1. The first kappa shape index (κ1) is 25.8. The maximum Gasteiger partial charge on any atom is 0.425 e. The van der Waals surface area contributed by atoms with Crippen LogP contribution in [0.25, 0.3) is 5.70 Å². The summed E-state index contributed by atoms with van der Waals surface area (Å²) in [6, 6.07) is 8.93. The van der Waals surface area contributed by atoms with Gasteiger partial charge in [-0.25, -0.2) is 14.4 Å². The molecule has 2 aromatic rings. The summed E-state index contributed by atoms with van der Waals surface area (Å²) in [5.74, 6) is -0.275. The highest BCUT2D eigenvalue weighted by molar-refractivity contribution is 5.76. The molecule has 0 saturated carbocycles. The fraction of sp³-hybridized carbons (Fsp3) is 0.375. The summed E-state index contributed by atoms with van der Waals surface area (Å²) in [6.07, 6.45) is -4.56. The van der Waals surface area contributed by atoms with Gasteiger partial charge in [0.25, 0.3) is 6.02 Å². The van der Waals surface area contributed by atoms with Crippen LogP contribution in [0.1, 0.15) is 43.9 Å². The number of hydrogen-bond acceptors (Lipinski definition) is 7. The number of halogens is 4. The van der Waals surface area contributed by atoms with Gasteiger partial charge in [-0.2, -0.15) is 18.4 Å². The summed E-state index contributed by atoms with van der Waals surface area (Å²) >= 11 is 0. The molecule has 0 spiro atoms. The first-order chi connectivity index (χ1) is 16.5. The molecule has 11 heteroatoms. The Kier molecular flexibility index (Phi) is 7.53. The average molecular weight is 491 g/mol. The number of pyridine rings is 1. The molecule has 0 radical (unpaired) electrons. The van der Waals surface area contributed by atoms with Crippen LogP contribution < -0.4 is 11.1 Å². The van der Waals surface area contributed by atoms with Gasteiger partial charge in [0.1, 0.15) is 17.7 Å². The van der Waals surface area contributed by atoms with E-state index in [1.165, 1.54) is 31.5 Å². The number of ether oxygens (including phenoxy) is 1. The van der Waals surface area contributed by atoms with E-state index in [1.807, 2.05) is 6.07 Å². The molecule has 3 rings (SSSR count). The number of amidine groups is 1. The Morgan fingerprint density at radius 3 is 2.60 bits per heavy atom. The van der Waals surface area contributed by atoms with E-state index in [4.69, 9.17) is 15.7 Å². The first-order valence-corrected chi connectivity index (χ1v) is 11.0. The van der Waals surface area contributed by atoms with Crippen LogP contribution in [-0.2, 0) is 10.3 Å². The van der Waals surface area contributed by atoms with E-state index >= 15 is 0 Å². The molecule has 0 fully saturated rings. The number of anilines is 1.